The van der Waals surface area contributed by atoms with Crippen molar-refractivity contribution in [3.63, 3.8) is 0 Å². The van der Waals surface area contributed by atoms with E-state index in [1.807, 2.05) is 40.8 Å². The van der Waals surface area contributed by atoms with E-state index in [0.29, 0.717) is 26.4 Å². The van der Waals surface area contributed by atoms with Crippen LogP contribution in [0.5, 0.6) is 0 Å². The van der Waals surface area contributed by atoms with Crippen LogP contribution in [0.15, 0.2) is 72.9 Å². The van der Waals surface area contributed by atoms with E-state index >= 15 is 0 Å². The van der Waals surface area contributed by atoms with Crippen LogP contribution in [-0.2, 0) is 19.4 Å². The number of aromatic nitrogens is 2. The van der Waals surface area contributed by atoms with E-state index in [4.69, 9.17) is 34.8 Å². The Bertz CT molecular complexity index is 1680. The molecule has 7 heteroatoms. The zero-order valence-corrected chi connectivity index (χ0v) is 23.2. The van der Waals surface area contributed by atoms with Crippen LogP contribution >= 0.6 is 34.8 Å². The maximum atomic E-state index is 14.1. The molecular weight excluding hydrogens is 537 g/mol. The number of para-hydroxylation sites is 1. The molecule has 1 aliphatic rings. The highest BCUT2D eigenvalue weighted by Gasteiger charge is 2.30. The summed E-state index contributed by atoms with van der Waals surface area (Å²) in [6.07, 6.45) is 5.98. The smallest absolute Gasteiger partial charge is 0.273 e. The maximum Gasteiger partial charge on any atom is 0.273 e. The first kappa shape index (κ1) is 25.1. The van der Waals surface area contributed by atoms with E-state index in [-0.39, 0.29) is 5.91 Å². The number of hydrogen-bond donors (Lipinski definition) is 1. The van der Waals surface area contributed by atoms with Crippen molar-refractivity contribution in [2.75, 3.05) is 5.32 Å². The molecule has 4 nitrogen and oxygen atoms in total. The van der Waals surface area contributed by atoms with Gasteiger partial charge in [0.25, 0.3) is 5.91 Å². The van der Waals surface area contributed by atoms with Crippen molar-refractivity contribution in [3.8, 4) is 22.4 Å². The quantitative estimate of drug-likeness (QED) is 0.228. The van der Waals surface area contributed by atoms with Gasteiger partial charge in [-0.05, 0) is 61.1 Å². The highest BCUT2D eigenvalue weighted by molar-refractivity contribution is 6.42. The van der Waals surface area contributed by atoms with Crippen molar-refractivity contribution in [3.05, 3.63) is 105 Å². The average Bonchev–Trinajstić information content (AvgIpc) is 3.34. The van der Waals surface area contributed by atoms with Gasteiger partial charge in [0, 0.05) is 29.4 Å². The fourth-order valence-corrected chi connectivity index (χ4v) is 5.94. The number of imidazole rings is 1. The Labute approximate surface area is 236 Å². The summed E-state index contributed by atoms with van der Waals surface area (Å²) in [6.45, 7) is 2.99. The molecule has 1 amide bonds. The van der Waals surface area contributed by atoms with Crippen LogP contribution in [0.4, 0.5) is 5.69 Å². The highest BCUT2D eigenvalue weighted by atomic mass is 35.5. The van der Waals surface area contributed by atoms with Crippen LogP contribution in [-0.4, -0.2) is 14.9 Å². The lowest BCUT2D eigenvalue weighted by Gasteiger charge is -2.11. The molecule has 0 radical (unpaired) electrons. The Morgan fingerprint density at radius 1 is 0.895 bits per heavy atom. The number of halogens is 3. The van der Waals surface area contributed by atoms with Crippen LogP contribution in [0.25, 0.3) is 28.0 Å². The molecule has 0 spiro atoms. The van der Waals surface area contributed by atoms with Gasteiger partial charge in [-0.1, -0.05) is 84.2 Å². The van der Waals surface area contributed by atoms with E-state index in [0.717, 1.165) is 60.3 Å². The third kappa shape index (κ3) is 4.31. The van der Waals surface area contributed by atoms with Crippen molar-refractivity contribution in [2.45, 2.75) is 39.2 Å². The predicted octanol–water partition coefficient (Wildman–Crippen LogP) is 9.19. The van der Waals surface area contributed by atoms with Gasteiger partial charge in [-0.25, -0.2) is 0 Å². The van der Waals surface area contributed by atoms with Gasteiger partial charge in [-0.15, -0.1) is 0 Å². The maximum absolute atomic E-state index is 14.1. The molecule has 0 aliphatic carbocycles. The molecule has 3 aromatic carbocycles. The molecule has 0 fully saturated rings. The fraction of sp³-hybridized carbons (Fsp3) is 0.194. The number of nitrogens with zero attached hydrogens (tertiary/aromatic N) is 2. The number of anilines is 1. The van der Waals surface area contributed by atoms with E-state index in [9.17, 15) is 4.79 Å². The largest absolute Gasteiger partial charge is 0.325 e. The van der Waals surface area contributed by atoms with E-state index in [1.165, 1.54) is 11.1 Å². The summed E-state index contributed by atoms with van der Waals surface area (Å²) in [4.78, 5) is 14.1. The van der Waals surface area contributed by atoms with E-state index in [2.05, 4.69) is 47.3 Å². The number of hydrogen-bond acceptors (Lipinski definition) is 1. The Kier molecular flexibility index (Phi) is 6.73. The number of carbonyl (C=O) groups excluding carboxylic acids is 1. The first-order valence-electron chi connectivity index (χ1n) is 12.8. The fourth-order valence-electron chi connectivity index (χ4n) is 5.46. The second-order valence-corrected chi connectivity index (χ2v) is 10.9. The molecule has 1 aliphatic heterocycles. The van der Waals surface area contributed by atoms with Crippen molar-refractivity contribution < 1.29 is 4.79 Å². The first-order chi connectivity index (χ1) is 18.5. The summed E-state index contributed by atoms with van der Waals surface area (Å²) in [5.74, 6) is -0.202. The molecule has 5 aromatic rings. The van der Waals surface area contributed by atoms with Crippen molar-refractivity contribution in [2.24, 2.45) is 0 Å². The molecular formula is C31H26Cl3N3O. The molecule has 192 valence electrons. The van der Waals surface area contributed by atoms with Gasteiger partial charge < -0.3 is 9.88 Å². The van der Waals surface area contributed by atoms with E-state index < -0.39 is 0 Å². The zero-order valence-electron chi connectivity index (χ0n) is 20.9. The Morgan fingerprint density at radius 3 is 2.39 bits per heavy atom. The lowest BCUT2D eigenvalue weighted by Crippen LogP contribution is -2.15. The highest BCUT2D eigenvalue weighted by Crippen LogP contribution is 2.40. The molecule has 38 heavy (non-hydrogen) atoms. The topological polar surface area (TPSA) is 38.4 Å². The summed E-state index contributed by atoms with van der Waals surface area (Å²) in [5.41, 5.74) is 8.64. The average molecular weight is 563 g/mol. The number of amides is 1. The molecule has 1 N–H and O–H groups in total. The molecule has 2 aromatic heterocycles. The van der Waals surface area contributed by atoms with E-state index in [1.54, 1.807) is 6.07 Å². The number of rotatable bonds is 5. The molecule has 3 heterocycles. The zero-order chi connectivity index (χ0) is 26.4. The number of aryl methyl sites for hydroxylation is 3. The van der Waals surface area contributed by atoms with Gasteiger partial charge in [0.2, 0.25) is 0 Å². The summed E-state index contributed by atoms with van der Waals surface area (Å²) in [5, 5.41) is 4.59. The van der Waals surface area contributed by atoms with Crippen molar-refractivity contribution >= 4 is 52.0 Å². The SMILES string of the molecule is CCc1ccc(-c2c3c4n(c(-c5ccc(Cl)c(Cl)c5)cn4c2C(=O)Nc2ccccc2Cl)CCCC3)cc1. The minimum atomic E-state index is -0.202. The standard InChI is InChI=1S/C31H26Cl3N3O/c1-2-19-10-12-20(13-11-19)28-22-7-5-6-16-36-27(21-14-15-23(32)25(34)17-21)18-37(31(22)36)29(28)30(38)35-26-9-4-3-8-24(26)33/h3-4,8-15,17-18H,2,5-7,16H2,1H3,(H,35,38). The van der Waals surface area contributed by atoms with Gasteiger partial charge in [-0.2, -0.15) is 0 Å². The van der Waals surface area contributed by atoms with Gasteiger partial charge in [0.1, 0.15) is 11.3 Å². The van der Waals surface area contributed by atoms with Crippen LogP contribution in [0.1, 0.15) is 41.4 Å². The number of nitrogens with one attached hydrogen (secondary N) is 1. The van der Waals surface area contributed by atoms with Crippen LogP contribution in [0.2, 0.25) is 15.1 Å². The van der Waals surface area contributed by atoms with Gasteiger partial charge >= 0.3 is 0 Å². The van der Waals surface area contributed by atoms with Crippen LogP contribution in [0, 0.1) is 0 Å². The second-order valence-electron chi connectivity index (χ2n) is 9.63. The Balaban J connectivity index is 1.61. The summed E-state index contributed by atoms with van der Waals surface area (Å²) in [7, 11) is 0. The second kappa shape index (κ2) is 10.2. The molecule has 0 unspecified atom stereocenters. The molecule has 6 rings (SSSR count). The monoisotopic (exact) mass is 561 g/mol. The number of benzene rings is 3. The third-order valence-corrected chi connectivity index (χ3v) is 8.41. The minimum Gasteiger partial charge on any atom is -0.325 e. The van der Waals surface area contributed by atoms with Crippen LogP contribution < -0.4 is 5.32 Å². The summed E-state index contributed by atoms with van der Waals surface area (Å²) in [6, 6.07) is 21.5. The lowest BCUT2D eigenvalue weighted by molar-refractivity contribution is 0.102. The lowest BCUT2D eigenvalue weighted by atomic mass is 9.96. The van der Waals surface area contributed by atoms with Crippen LogP contribution in [0.3, 0.4) is 0 Å². The predicted molar refractivity (Wildman–Crippen MR) is 158 cm³/mol. The Morgan fingerprint density at radius 2 is 1.66 bits per heavy atom. The Hall–Kier alpha value is -3.18. The molecule has 0 bridgehead atoms. The van der Waals surface area contributed by atoms with Gasteiger partial charge in [0.05, 0.1) is 26.4 Å². The van der Waals surface area contributed by atoms with Gasteiger partial charge in [-0.3, -0.25) is 9.20 Å². The molecule has 0 atom stereocenters. The normalized spacial score (nSPS) is 13.1. The van der Waals surface area contributed by atoms with Crippen molar-refractivity contribution in [1.82, 2.24) is 8.97 Å². The minimum absolute atomic E-state index is 0.202. The van der Waals surface area contributed by atoms with Gasteiger partial charge in [0.15, 0.2) is 0 Å². The summed E-state index contributed by atoms with van der Waals surface area (Å²) < 4.78 is 4.37. The number of carbonyl (C=O) groups is 1. The third-order valence-electron chi connectivity index (χ3n) is 7.34. The first-order valence-corrected chi connectivity index (χ1v) is 14.0. The molecule has 0 saturated heterocycles. The summed E-state index contributed by atoms with van der Waals surface area (Å²) >= 11 is 19.0. The van der Waals surface area contributed by atoms with Crippen molar-refractivity contribution in [1.29, 1.82) is 0 Å². The molecule has 0 saturated carbocycles.